The Bertz CT molecular complexity index is 1060. The van der Waals surface area contributed by atoms with Crippen LogP contribution < -0.4 is 5.32 Å². The highest BCUT2D eigenvalue weighted by atomic mass is 19.2. The van der Waals surface area contributed by atoms with Gasteiger partial charge in [0.2, 0.25) is 0 Å². The Balaban J connectivity index is 1.59. The second-order valence-electron chi connectivity index (χ2n) is 6.81. The van der Waals surface area contributed by atoms with Gasteiger partial charge in [0.05, 0.1) is 12.2 Å². The minimum absolute atomic E-state index is 0.130. The number of fused-ring (bicyclic) bond motifs is 1. The van der Waals surface area contributed by atoms with Crippen LogP contribution in [0.25, 0.3) is 11.3 Å². The van der Waals surface area contributed by atoms with Crippen molar-refractivity contribution in [1.29, 1.82) is 0 Å². The van der Waals surface area contributed by atoms with Gasteiger partial charge >= 0.3 is 6.03 Å². The summed E-state index contributed by atoms with van der Waals surface area (Å²) >= 11 is 0. The first-order valence-corrected chi connectivity index (χ1v) is 8.79. The van der Waals surface area contributed by atoms with Gasteiger partial charge in [-0.25, -0.2) is 22.4 Å². The highest BCUT2D eigenvalue weighted by Gasteiger charge is 2.32. The van der Waals surface area contributed by atoms with Gasteiger partial charge in [-0.2, -0.15) is 0 Å². The number of urea groups is 1. The van der Waals surface area contributed by atoms with E-state index in [1.165, 1.54) is 17.0 Å². The van der Waals surface area contributed by atoms with E-state index in [2.05, 4.69) is 10.5 Å². The van der Waals surface area contributed by atoms with Crippen LogP contribution in [0.15, 0.2) is 40.9 Å². The van der Waals surface area contributed by atoms with Gasteiger partial charge in [-0.05, 0) is 31.2 Å². The Morgan fingerprint density at radius 2 is 1.79 bits per heavy atom. The fourth-order valence-electron chi connectivity index (χ4n) is 3.30. The van der Waals surface area contributed by atoms with E-state index in [-0.39, 0.29) is 18.3 Å². The molecular weight excluding hydrogens is 390 g/mol. The van der Waals surface area contributed by atoms with Crippen molar-refractivity contribution in [2.24, 2.45) is 0 Å². The third-order valence-electron chi connectivity index (χ3n) is 4.82. The summed E-state index contributed by atoms with van der Waals surface area (Å²) in [7, 11) is 0. The molecule has 29 heavy (non-hydrogen) atoms. The van der Waals surface area contributed by atoms with Gasteiger partial charge in [0.1, 0.15) is 5.82 Å². The number of aromatic nitrogens is 1. The van der Waals surface area contributed by atoms with Gasteiger partial charge in [0.25, 0.3) is 0 Å². The van der Waals surface area contributed by atoms with Gasteiger partial charge in [-0.15, -0.1) is 0 Å². The number of amides is 2. The Labute approximate surface area is 162 Å². The number of carbonyl (C=O) groups is 1. The lowest BCUT2D eigenvalue weighted by Gasteiger charge is -2.32. The maximum atomic E-state index is 13.4. The molecule has 2 heterocycles. The first kappa shape index (κ1) is 19.0. The van der Waals surface area contributed by atoms with E-state index >= 15 is 0 Å². The number of carbonyl (C=O) groups excluding carboxylic acids is 1. The molecule has 0 fully saturated rings. The summed E-state index contributed by atoms with van der Waals surface area (Å²) in [5.41, 5.74) is 1.76. The molecule has 0 saturated carbocycles. The van der Waals surface area contributed by atoms with E-state index in [0.29, 0.717) is 41.1 Å². The molecule has 150 valence electrons. The van der Waals surface area contributed by atoms with Crippen molar-refractivity contribution < 1.29 is 26.9 Å². The molecule has 1 aliphatic heterocycles. The largest absolute Gasteiger partial charge is 0.356 e. The quantitative estimate of drug-likeness (QED) is 0.489. The first-order valence-electron chi connectivity index (χ1n) is 8.79. The molecular formula is C20H15F4N3O2. The van der Waals surface area contributed by atoms with Crippen LogP contribution in [0.4, 0.5) is 28.0 Å². The van der Waals surface area contributed by atoms with Gasteiger partial charge in [-0.3, -0.25) is 0 Å². The third-order valence-corrected chi connectivity index (χ3v) is 4.82. The lowest BCUT2D eigenvalue weighted by atomic mass is 9.97. The fourth-order valence-corrected chi connectivity index (χ4v) is 3.30. The lowest BCUT2D eigenvalue weighted by molar-refractivity contribution is 0.182. The van der Waals surface area contributed by atoms with Crippen LogP contribution >= 0.6 is 0 Å². The molecule has 1 aliphatic rings. The Morgan fingerprint density at radius 3 is 2.45 bits per heavy atom. The van der Waals surface area contributed by atoms with Gasteiger partial charge < -0.3 is 14.7 Å². The van der Waals surface area contributed by atoms with Crippen molar-refractivity contribution in [2.45, 2.75) is 25.9 Å². The number of hydrogen-bond donors (Lipinski definition) is 1. The van der Waals surface area contributed by atoms with Crippen LogP contribution in [0.5, 0.6) is 0 Å². The number of anilines is 1. The molecule has 0 saturated heterocycles. The van der Waals surface area contributed by atoms with E-state index in [4.69, 9.17) is 4.52 Å². The molecule has 5 nitrogen and oxygen atoms in total. The zero-order valence-electron chi connectivity index (χ0n) is 15.2. The molecule has 1 N–H and O–H groups in total. The summed E-state index contributed by atoms with van der Waals surface area (Å²) in [5.74, 6) is -4.37. The van der Waals surface area contributed by atoms with Crippen LogP contribution in [0.1, 0.15) is 18.2 Å². The maximum Gasteiger partial charge on any atom is 0.322 e. The highest BCUT2D eigenvalue weighted by molar-refractivity contribution is 5.89. The summed E-state index contributed by atoms with van der Waals surface area (Å²) < 4.78 is 58.5. The standard InChI is InChI=1S/C20H15F4N3O2/c1-10-6-17-14(19(29-26-17)11-2-4-12(21)5-3-11)9-27(10)20(28)25-13-7-15(22)18(24)16(23)8-13/h2-5,7-8,10H,6,9H2,1H3,(H,25,28)/t10-/m0/s1. The van der Waals surface area contributed by atoms with Crippen LogP contribution in [0, 0.1) is 23.3 Å². The molecule has 2 amide bonds. The molecule has 1 aromatic heterocycles. The molecule has 2 aromatic carbocycles. The second kappa shape index (κ2) is 7.23. The van der Waals surface area contributed by atoms with Crippen molar-refractivity contribution in [3.8, 4) is 11.3 Å². The predicted molar refractivity (Wildman–Crippen MR) is 95.9 cm³/mol. The zero-order valence-corrected chi connectivity index (χ0v) is 15.2. The van der Waals surface area contributed by atoms with Crippen LogP contribution in [-0.4, -0.2) is 22.1 Å². The molecule has 1 atom stereocenters. The fraction of sp³-hybridized carbons (Fsp3) is 0.200. The number of hydrogen-bond acceptors (Lipinski definition) is 3. The summed E-state index contributed by atoms with van der Waals surface area (Å²) in [4.78, 5) is 14.1. The van der Waals surface area contributed by atoms with Crippen LogP contribution in [0.3, 0.4) is 0 Å². The molecule has 3 aromatic rings. The van der Waals surface area contributed by atoms with Crippen molar-refractivity contribution in [2.75, 3.05) is 5.32 Å². The van der Waals surface area contributed by atoms with E-state index in [1.54, 1.807) is 19.1 Å². The molecule has 4 rings (SSSR count). The Morgan fingerprint density at radius 1 is 1.14 bits per heavy atom. The predicted octanol–water partition coefficient (Wildman–Crippen LogP) is 4.88. The van der Waals surface area contributed by atoms with Crippen molar-refractivity contribution in [3.63, 3.8) is 0 Å². The van der Waals surface area contributed by atoms with Crippen molar-refractivity contribution in [3.05, 3.63) is 70.9 Å². The number of nitrogens with one attached hydrogen (secondary N) is 1. The van der Waals surface area contributed by atoms with E-state index in [9.17, 15) is 22.4 Å². The highest BCUT2D eigenvalue weighted by Crippen LogP contribution is 2.33. The van der Waals surface area contributed by atoms with Crippen molar-refractivity contribution >= 4 is 11.7 Å². The van der Waals surface area contributed by atoms with Gasteiger partial charge in [-0.1, -0.05) is 5.16 Å². The zero-order chi connectivity index (χ0) is 20.7. The summed E-state index contributed by atoms with van der Waals surface area (Å²) in [6, 6.07) is 6.20. The average Bonchev–Trinajstić information content (AvgIpc) is 3.08. The monoisotopic (exact) mass is 405 g/mol. The van der Waals surface area contributed by atoms with Crippen molar-refractivity contribution in [1.82, 2.24) is 10.1 Å². The second-order valence-corrected chi connectivity index (χ2v) is 6.81. The van der Waals surface area contributed by atoms with E-state index in [1.807, 2.05) is 0 Å². The summed E-state index contributed by atoms with van der Waals surface area (Å²) in [6.07, 6.45) is 0.402. The smallest absolute Gasteiger partial charge is 0.322 e. The average molecular weight is 405 g/mol. The van der Waals surface area contributed by atoms with Crippen LogP contribution in [0.2, 0.25) is 0 Å². The third kappa shape index (κ3) is 3.55. The van der Waals surface area contributed by atoms with Gasteiger partial charge in [0.15, 0.2) is 23.2 Å². The molecule has 0 spiro atoms. The molecule has 0 radical (unpaired) electrons. The molecule has 9 heteroatoms. The number of rotatable bonds is 2. The number of benzene rings is 2. The van der Waals surface area contributed by atoms with E-state index in [0.717, 1.165) is 0 Å². The summed E-state index contributed by atoms with van der Waals surface area (Å²) in [6.45, 7) is 1.92. The van der Waals surface area contributed by atoms with E-state index < -0.39 is 29.3 Å². The maximum absolute atomic E-state index is 13.4. The summed E-state index contributed by atoms with van der Waals surface area (Å²) in [5, 5.41) is 6.43. The topological polar surface area (TPSA) is 58.4 Å². The van der Waals surface area contributed by atoms with Gasteiger partial charge in [0, 0.05) is 41.4 Å². The number of nitrogens with zero attached hydrogens (tertiary/aromatic N) is 2. The Kier molecular flexibility index (Phi) is 4.73. The van der Waals surface area contributed by atoms with Crippen LogP contribution in [-0.2, 0) is 13.0 Å². The normalized spacial score (nSPS) is 15.9. The SMILES string of the molecule is C[C@H]1Cc2noc(-c3ccc(F)cc3)c2CN1C(=O)Nc1cc(F)c(F)c(F)c1. The first-order chi connectivity index (χ1) is 13.8. The minimum atomic E-state index is -1.60. The number of halogens is 4. The molecule has 0 unspecified atom stereocenters. The molecule has 0 aliphatic carbocycles. The molecule has 0 bridgehead atoms. The lowest BCUT2D eigenvalue weighted by Crippen LogP contribution is -2.44. The Hall–Kier alpha value is -3.36. The minimum Gasteiger partial charge on any atom is -0.356 e.